The van der Waals surface area contributed by atoms with Crippen molar-refractivity contribution in [3.05, 3.63) is 46.1 Å². The Labute approximate surface area is 149 Å². The number of aromatic nitrogens is 2. The molecule has 4 rings (SSSR count). The number of hydrogen-bond donors (Lipinski definition) is 0. The number of carbonyl (C=O) groups is 1. The summed E-state index contributed by atoms with van der Waals surface area (Å²) in [6, 6.07) is 5.65. The van der Waals surface area contributed by atoms with Crippen LogP contribution in [0.1, 0.15) is 42.6 Å². The zero-order chi connectivity index (χ0) is 16.7. The van der Waals surface area contributed by atoms with Crippen molar-refractivity contribution >= 4 is 29.1 Å². The number of carbonyl (C=O) groups excluding carboxylic acids is 1. The van der Waals surface area contributed by atoms with Gasteiger partial charge < -0.3 is 9.32 Å². The average Bonchev–Trinajstić information content (AvgIpc) is 3.21. The smallest absolute Gasteiger partial charge is 0.226 e. The molecule has 1 aliphatic heterocycles. The van der Waals surface area contributed by atoms with E-state index in [9.17, 15) is 4.79 Å². The number of amides is 1. The van der Waals surface area contributed by atoms with E-state index in [2.05, 4.69) is 10.2 Å². The maximum absolute atomic E-state index is 12.7. The van der Waals surface area contributed by atoms with E-state index in [4.69, 9.17) is 27.6 Å². The molecule has 2 heterocycles. The van der Waals surface area contributed by atoms with Crippen LogP contribution in [0.4, 0.5) is 0 Å². The molecule has 2 fully saturated rings. The SMILES string of the molecule is O=C([C@H]1C[C@H]1c1ccc(Cl)c(Cl)c1)N1CCC(c2nnco2)CC1. The lowest BCUT2D eigenvalue weighted by atomic mass is 9.96. The highest BCUT2D eigenvalue weighted by Gasteiger charge is 2.46. The molecule has 5 nitrogen and oxygen atoms in total. The summed E-state index contributed by atoms with van der Waals surface area (Å²) in [5.41, 5.74) is 1.10. The van der Waals surface area contributed by atoms with Gasteiger partial charge >= 0.3 is 0 Å². The van der Waals surface area contributed by atoms with Crippen molar-refractivity contribution in [3.63, 3.8) is 0 Å². The molecule has 1 saturated carbocycles. The van der Waals surface area contributed by atoms with Gasteiger partial charge in [-0.05, 0) is 42.9 Å². The summed E-state index contributed by atoms with van der Waals surface area (Å²) in [4.78, 5) is 14.7. The predicted octanol–water partition coefficient (Wildman–Crippen LogP) is 3.89. The quantitative estimate of drug-likeness (QED) is 0.827. The first-order valence-electron chi connectivity index (χ1n) is 8.13. The molecule has 1 aliphatic carbocycles. The number of rotatable bonds is 3. The van der Waals surface area contributed by atoms with Crippen molar-refractivity contribution in [2.75, 3.05) is 13.1 Å². The molecule has 0 radical (unpaired) electrons. The molecule has 0 bridgehead atoms. The summed E-state index contributed by atoms with van der Waals surface area (Å²) in [7, 11) is 0. The second-order valence-corrected chi connectivity index (χ2v) is 7.31. The number of halogens is 2. The fraction of sp³-hybridized carbons (Fsp3) is 0.471. The fourth-order valence-corrected chi connectivity index (χ4v) is 3.83. The molecule has 2 aliphatic rings. The minimum Gasteiger partial charge on any atom is -0.428 e. The number of benzene rings is 1. The number of likely N-dealkylation sites (tertiary alicyclic amines) is 1. The van der Waals surface area contributed by atoms with E-state index < -0.39 is 0 Å². The molecule has 1 saturated heterocycles. The number of piperidine rings is 1. The number of nitrogens with zero attached hydrogens (tertiary/aromatic N) is 3. The largest absolute Gasteiger partial charge is 0.428 e. The van der Waals surface area contributed by atoms with Crippen LogP contribution in [0.2, 0.25) is 10.0 Å². The Balaban J connectivity index is 1.35. The molecule has 1 aromatic heterocycles. The molecule has 0 N–H and O–H groups in total. The van der Waals surface area contributed by atoms with Crippen LogP contribution in [0.3, 0.4) is 0 Å². The highest BCUT2D eigenvalue weighted by molar-refractivity contribution is 6.42. The Morgan fingerprint density at radius 2 is 2.00 bits per heavy atom. The summed E-state index contributed by atoms with van der Waals surface area (Å²) in [5, 5.41) is 8.81. The van der Waals surface area contributed by atoms with Crippen LogP contribution in [0.15, 0.2) is 29.0 Å². The van der Waals surface area contributed by atoms with Gasteiger partial charge in [0.05, 0.1) is 10.0 Å². The Morgan fingerprint density at radius 1 is 1.21 bits per heavy atom. The van der Waals surface area contributed by atoms with E-state index >= 15 is 0 Å². The molecule has 0 spiro atoms. The van der Waals surface area contributed by atoms with Gasteiger partial charge in [0.2, 0.25) is 18.2 Å². The first kappa shape index (κ1) is 15.9. The van der Waals surface area contributed by atoms with E-state index in [1.807, 2.05) is 17.0 Å². The Hall–Kier alpha value is -1.59. The van der Waals surface area contributed by atoms with Gasteiger partial charge in [-0.1, -0.05) is 29.3 Å². The summed E-state index contributed by atoms with van der Waals surface area (Å²) in [5.74, 6) is 1.53. The third-order valence-electron chi connectivity index (χ3n) is 5.01. The highest BCUT2D eigenvalue weighted by Crippen LogP contribution is 2.49. The van der Waals surface area contributed by atoms with Gasteiger partial charge in [0.25, 0.3) is 0 Å². The Morgan fingerprint density at radius 3 is 2.67 bits per heavy atom. The minimum absolute atomic E-state index is 0.0715. The van der Waals surface area contributed by atoms with Crippen molar-refractivity contribution in [2.24, 2.45) is 5.92 Å². The molecule has 7 heteroatoms. The summed E-state index contributed by atoms with van der Waals surface area (Å²) < 4.78 is 5.28. The summed E-state index contributed by atoms with van der Waals surface area (Å²) in [6.07, 6.45) is 4.00. The van der Waals surface area contributed by atoms with Crippen LogP contribution >= 0.6 is 23.2 Å². The first-order chi connectivity index (χ1) is 11.6. The second kappa shape index (κ2) is 6.37. The van der Waals surface area contributed by atoms with E-state index in [1.54, 1.807) is 6.07 Å². The van der Waals surface area contributed by atoms with Crippen LogP contribution < -0.4 is 0 Å². The molecule has 1 aromatic carbocycles. The first-order valence-corrected chi connectivity index (χ1v) is 8.89. The zero-order valence-electron chi connectivity index (χ0n) is 13.0. The minimum atomic E-state index is 0.0715. The van der Waals surface area contributed by atoms with Crippen molar-refractivity contribution in [3.8, 4) is 0 Å². The number of hydrogen-bond acceptors (Lipinski definition) is 4. The zero-order valence-corrected chi connectivity index (χ0v) is 14.5. The summed E-state index contributed by atoms with van der Waals surface area (Å²) in [6.45, 7) is 1.49. The van der Waals surface area contributed by atoms with Gasteiger partial charge in [0.15, 0.2) is 0 Å². The lowest BCUT2D eigenvalue weighted by Crippen LogP contribution is -2.39. The Bertz CT molecular complexity index is 742. The standard InChI is InChI=1S/C17H17Cl2N3O2/c18-14-2-1-11(7-15(14)19)12-8-13(12)17(23)22-5-3-10(4-6-22)16-21-20-9-24-16/h1-2,7,9-10,12-13H,3-6,8H2/t12-,13-/m0/s1. The van der Waals surface area contributed by atoms with Crippen molar-refractivity contribution in [2.45, 2.75) is 31.1 Å². The topological polar surface area (TPSA) is 59.2 Å². The maximum atomic E-state index is 12.7. The van der Waals surface area contributed by atoms with Crippen LogP contribution in [-0.4, -0.2) is 34.1 Å². The monoisotopic (exact) mass is 365 g/mol. The van der Waals surface area contributed by atoms with Crippen LogP contribution in [0.25, 0.3) is 0 Å². The third-order valence-corrected chi connectivity index (χ3v) is 5.75. The molecule has 24 heavy (non-hydrogen) atoms. The van der Waals surface area contributed by atoms with Gasteiger partial charge in [-0.3, -0.25) is 4.79 Å². The molecule has 0 unspecified atom stereocenters. The normalized spacial score (nSPS) is 24.2. The Kier molecular flexibility index (Phi) is 4.22. The van der Waals surface area contributed by atoms with Crippen molar-refractivity contribution < 1.29 is 9.21 Å². The lowest BCUT2D eigenvalue weighted by molar-refractivity contribution is -0.133. The van der Waals surface area contributed by atoms with Crippen LogP contribution in [0, 0.1) is 5.92 Å². The lowest BCUT2D eigenvalue weighted by Gasteiger charge is -2.30. The van der Waals surface area contributed by atoms with Gasteiger partial charge in [-0.2, -0.15) is 0 Å². The van der Waals surface area contributed by atoms with Crippen LogP contribution in [0.5, 0.6) is 0 Å². The van der Waals surface area contributed by atoms with E-state index in [1.165, 1.54) is 6.39 Å². The molecule has 2 atom stereocenters. The summed E-state index contributed by atoms with van der Waals surface area (Å²) >= 11 is 12.0. The molecule has 2 aromatic rings. The van der Waals surface area contributed by atoms with Gasteiger partial charge in [0.1, 0.15) is 0 Å². The highest BCUT2D eigenvalue weighted by atomic mass is 35.5. The maximum Gasteiger partial charge on any atom is 0.226 e. The molecule has 126 valence electrons. The van der Waals surface area contributed by atoms with Gasteiger partial charge in [-0.15, -0.1) is 10.2 Å². The molecular formula is C17H17Cl2N3O2. The van der Waals surface area contributed by atoms with Gasteiger partial charge in [-0.25, -0.2) is 0 Å². The third kappa shape index (κ3) is 3.03. The van der Waals surface area contributed by atoms with E-state index in [0.717, 1.165) is 37.9 Å². The average molecular weight is 366 g/mol. The fourth-order valence-electron chi connectivity index (χ4n) is 3.52. The van der Waals surface area contributed by atoms with E-state index in [0.29, 0.717) is 15.9 Å². The predicted molar refractivity (Wildman–Crippen MR) is 90.2 cm³/mol. The molecular weight excluding hydrogens is 349 g/mol. The van der Waals surface area contributed by atoms with E-state index in [-0.39, 0.29) is 23.7 Å². The second-order valence-electron chi connectivity index (χ2n) is 6.50. The molecule has 1 amide bonds. The van der Waals surface area contributed by atoms with Gasteiger partial charge in [0, 0.05) is 24.9 Å². The van der Waals surface area contributed by atoms with Crippen LogP contribution in [-0.2, 0) is 4.79 Å². The van der Waals surface area contributed by atoms with Crippen molar-refractivity contribution in [1.82, 2.24) is 15.1 Å². The van der Waals surface area contributed by atoms with Crippen molar-refractivity contribution in [1.29, 1.82) is 0 Å².